The Morgan fingerprint density at radius 1 is 0.889 bits per heavy atom. The van der Waals surface area contributed by atoms with Gasteiger partial charge in [-0.1, -0.05) is 0 Å². The summed E-state index contributed by atoms with van der Waals surface area (Å²) in [5.74, 6) is -0.460. The summed E-state index contributed by atoms with van der Waals surface area (Å²) in [5.41, 5.74) is 0.246. The van der Waals surface area contributed by atoms with E-state index < -0.39 is 4.92 Å². The normalized spacial score (nSPS) is 23.2. The summed E-state index contributed by atoms with van der Waals surface area (Å²) in [4.78, 5) is 40.3. The number of carbonyl (C=O) groups excluding carboxylic acids is 2. The molecule has 0 spiro atoms. The molecule has 2 saturated heterocycles. The highest BCUT2D eigenvalue weighted by Gasteiger charge is 2.29. The summed E-state index contributed by atoms with van der Waals surface area (Å²) < 4.78 is 0. The van der Waals surface area contributed by atoms with Gasteiger partial charge in [-0.05, 0) is 58.4 Å². The van der Waals surface area contributed by atoms with E-state index >= 15 is 0 Å². The van der Waals surface area contributed by atoms with Crippen LogP contribution in [0.3, 0.4) is 0 Å². The number of carbonyl (C=O) groups is 2. The van der Waals surface area contributed by atoms with Crippen molar-refractivity contribution >= 4 is 17.5 Å². The number of amides is 2. The van der Waals surface area contributed by atoms with Gasteiger partial charge >= 0.3 is 0 Å². The Hall–Kier alpha value is -2.44. The van der Waals surface area contributed by atoms with Crippen LogP contribution >= 0.6 is 0 Å². The number of nitro benzene ring substituents is 1. The SMILES string of the molecule is CC1CCCCN1C(=O)c1cc(C(=O)N2CCCCC2C)cc([N+](=O)[O-])c1. The second-order valence-electron chi connectivity index (χ2n) is 7.71. The lowest BCUT2D eigenvalue weighted by Crippen LogP contribution is -2.43. The predicted octanol–water partition coefficient (Wildman–Crippen LogP) is 3.62. The standard InChI is InChI=1S/C20H27N3O4/c1-14-7-3-5-9-21(14)19(24)16-11-17(13-18(12-16)23(26)27)20(25)22-10-6-4-8-15(22)2/h11-15H,3-10H2,1-2H3. The van der Waals surface area contributed by atoms with Gasteiger partial charge in [-0.2, -0.15) is 0 Å². The molecule has 2 aliphatic heterocycles. The Labute approximate surface area is 159 Å². The van der Waals surface area contributed by atoms with Crippen LogP contribution in [0, 0.1) is 10.1 Å². The van der Waals surface area contributed by atoms with Crippen molar-refractivity contribution in [1.29, 1.82) is 0 Å². The largest absolute Gasteiger partial charge is 0.336 e. The van der Waals surface area contributed by atoms with E-state index in [0.29, 0.717) is 13.1 Å². The van der Waals surface area contributed by atoms with Crippen LogP contribution in [-0.2, 0) is 0 Å². The molecule has 2 fully saturated rings. The van der Waals surface area contributed by atoms with Crippen LogP contribution in [0.4, 0.5) is 5.69 Å². The van der Waals surface area contributed by atoms with Crippen LogP contribution in [0.5, 0.6) is 0 Å². The molecule has 0 N–H and O–H groups in total. The molecule has 7 heteroatoms. The molecule has 1 aromatic carbocycles. The first-order valence-electron chi connectivity index (χ1n) is 9.80. The van der Waals surface area contributed by atoms with E-state index in [1.54, 1.807) is 9.80 Å². The zero-order valence-electron chi connectivity index (χ0n) is 16.0. The minimum absolute atomic E-state index is 0.104. The number of rotatable bonds is 3. The Bertz CT molecular complexity index is 696. The third-order valence-corrected chi connectivity index (χ3v) is 5.75. The van der Waals surface area contributed by atoms with Gasteiger partial charge < -0.3 is 9.80 Å². The van der Waals surface area contributed by atoms with E-state index in [1.165, 1.54) is 18.2 Å². The smallest absolute Gasteiger partial charge is 0.271 e. The average molecular weight is 373 g/mol. The van der Waals surface area contributed by atoms with Gasteiger partial charge in [0.2, 0.25) is 0 Å². The lowest BCUT2D eigenvalue weighted by atomic mass is 9.99. The lowest BCUT2D eigenvalue weighted by molar-refractivity contribution is -0.384. The van der Waals surface area contributed by atoms with Gasteiger partial charge in [0.25, 0.3) is 17.5 Å². The fourth-order valence-electron chi connectivity index (χ4n) is 4.09. The number of benzene rings is 1. The molecule has 0 saturated carbocycles. The van der Waals surface area contributed by atoms with Gasteiger partial charge in [-0.25, -0.2) is 0 Å². The van der Waals surface area contributed by atoms with Gasteiger partial charge in [0.15, 0.2) is 0 Å². The Morgan fingerprint density at radius 2 is 1.33 bits per heavy atom. The maximum Gasteiger partial charge on any atom is 0.271 e. The molecule has 27 heavy (non-hydrogen) atoms. The number of non-ortho nitro benzene ring substituents is 1. The fourth-order valence-corrected chi connectivity index (χ4v) is 4.09. The molecule has 0 aliphatic carbocycles. The zero-order valence-corrected chi connectivity index (χ0v) is 16.0. The second-order valence-corrected chi connectivity index (χ2v) is 7.71. The highest BCUT2D eigenvalue weighted by Crippen LogP contribution is 2.25. The van der Waals surface area contributed by atoms with Gasteiger partial charge in [-0.15, -0.1) is 0 Å². The number of hydrogen-bond acceptors (Lipinski definition) is 4. The minimum atomic E-state index is -0.535. The Morgan fingerprint density at radius 3 is 1.70 bits per heavy atom. The molecule has 146 valence electrons. The van der Waals surface area contributed by atoms with Crippen molar-refractivity contribution in [2.24, 2.45) is 0 Å². The van der Waals surface area contributed by atoms with Crippen molar-refractivity contribution in [2.45, 2.75) is 64.5 Å². The van der Waals surface area contributed by atoms with Crippen LogP contribution in [0.2, 0.25) is 0 Å². The first-order chi connectivity index (χ1) is 12.9. The minimum Gasteiger partial charge on any atom is -0.336 e. The van der Waals surface area contributed by atoms with Crippen LogP contribution in [-0.4, -0.2) is 51.7 Å². The van der Waals surface area contributed by atoms with Crippen molar-refractivity contribution in [3.8, 4) is 0 Å². The van der Waals surface area contributed by atoms with Crippen LogP contribution in [0.25, 0.3) is 0 Å². The molecular weight excluding hydrogens is 346 g/mol. The predicted molar refractivity (Wildman–Crippen MR) is 102 cm³/mol. The molecule has 2 aliphatic rings. The number of nitro groups is 1. The van der Waals surface area contributed by atoms with E-state index in [9.17, 15) is 19.7 Å². The summed E-state index contributed by atoms with van der Waals surface area (Å²) in [6.45, 7) is 5.29. The molecule has 0 radical (unpaired) electrons. The number of likely N-dealkylation sites (tertiary alicyclic amines) is 2. The number of nitrogens with zero attached hydrogens (tertiary/aromatic N) is 3. The molecule has 0 bridgehead atoms. The third-order valence-electron chi connectivity index (χ3n) is 5.75. The lowest BCUT2D eigenvalue weighted by Gasteiger charge is -2.34. The summed E-state index contributed by atoms with van der Waals surface area (Å²) >= 11 is 0. The van der Waals surface area contributed by atoms with Crippen molar-refractivity contribution < 1.29 is 14.5 Å². The van der Waals surface area contributed by atoms with Gasteiger partial charge in [-0.3, -0.25) is 19.7 Å². The Kier molecular flexibility index (Phi) is 5.77. The van der Waals surface area contributed by atoms with Gasteiger partial charge in [0.05, 0.1) is 4.92 Å². The fraction of sp³-hybridized carbons (Fsp3) is 0.600. The zero-order chi connectivity index (χ0) is 19.6. The van der Waals surface area contributed by atoms with E-state index in [-0.39, 0.29) is 40.7 Å². The summed E-state index contributed by atoms with van der Waals surface area (Å²) in [6.07, 6.45) is 5.88. The average Bonchev–Trinajstić information content (AvgIpc) is 2.67. The summed E-state index contributed by atoms with van der Waals surface area (Å²) in [7, 11) is 0. The molecule has 2 unspecified atom stereocenters. The van der Waals surface area contributed by atoms with E-state index in [1.807, 2.05) is 13.8 Å². The first-order valence-corrected chi connectivity index (χ1v) is 9.80. The van der Waals surface area contributed by atoms with E-state index in [0.717, 1.165) is 38.5 Å². The van der Waals surface area contributed by atoms with Crippen LogP contribution < -0.4 is 0 Å². The monoisotopic (exact) mass is 373 g/mol. The van der Waals surface area contributed by atoms with Gasteiger partial charge in [0, 0.05) is 48.4 Å². The molecule has 3 rings (SSSR count). The van der Waals surface area contributed by atoms with Crippen LogP contribution in [0.1, 0.15) is 73.1 Å². The summed E-state index contributed by atoms with van der Waals surface area (Å²) in [6, 6.07) is 4.32. The van der Waals surface area contributed by atoms with Crippen molar-refractivity contribution in [1.82, 2.24) is 9.80 Å². The van der Waals surface area contributed by atoms with Crippen molar-refractivity contribution in [3.63, 3.8) is 0 Å². The first kappa shape index (κ1) is 19.3. The second kappa shape index (κ2) is 8.06. The summed E-state index contributed by atoms with van der Waals surface area (Å²) in [5, 5.41) is 11.4. The van der Waals surface area contributed by atoms with Crippen molar-refractivity contribution in [3.05, 3.63) is 39.4 Å². The van der Waals surface area contributed by atoms with Gasteiger partial charge in [0.1, 0.15) is 0 Å². The molecule has 2 atom stereocenters. The maximum absolute atomic E-state index is 13.0. The number of hydrogen-bond donors (Lipinski definition) is 0. The maximum atomic E-state index is 13.0. The van der Waals surface area contributed by atoms with Crippen LogP contribution in [0.15, 0.2) is 18.2 Å². The third kappa shape index (κ3) is 4.12. The molecular formula is C20H27N3O4. The topological polar surface area (TPSA) is 83.8 Å². The van der Waals surface area contributed by atoms with Crippen molar-refractivity contribution in [2.75, 3.05) is 13.1 Å². The number of piperidine rings is 2. The molecule has 2 amide bonds. The molecule has 0 aromatic heterocycles. The quantitative estimate of drug-likeness (QED) is 0.598. The van der Waals surface area contributed by atoms with E-state index in [2.05, 4.69) is 0 Å². The highest BCUT2D eigenvalue weighted by atomic mass is 16.6. The van der Waals surface area contributed by atoms with E-state index in [4.69, 9.17) is 0 Å². The Balaban J connectivity index is 1.94. The highest BCUT2D eigenvalue weighted by molar-refractivity contribution is 6.01. The molecule has 2 heterocycles. The molecule has 1 aromatic rings. The molecule has 7 nitrogen and oxygen atoms in total.